The minimum absolute atomic E-state index is 0.0131. The Hall–Kier alpha value is -1.17. The molecule has 0 saturated carbocycles. The number of carbonyl (C=O) groups is 1. The van der Waals surface area contributed by atoms with E-state index in [-0.39, 0.29) is 37.4 Å². The van der Waals surface area contributed by atoms with Gasteiger partial charge in [0.1, 0.15) is 0 Å². The molecule has 0 aliphatic heterocycles. The van der Waals surface area contributed by atoms with Crippen LogP contribution in [-0.4, -0.2) is 36.0 Å². The molecule has 0 spiro atoms. The highest BCUT2D eigenvalue weighted by Crippen LogP contribution is 2.45. The van der Waals surface area contributed by atoms with E-state index in [0.29, 0.717) is 13.0 Å². The number of aliphatic hydroxyl groups excluding tert-OH is 2. The molecule has 120 valence electrons. The summed E-state index contributed by atoms with van der Waals surface area (Å²) in [6.45, 7) is 2.05. The summed E-state index contributed by atoms with van der Waals surface area (Å²) >= 11 is 3.46. The molecule has 22 heavy (non-hydrogen) atoms. The molecule has 0 aromatic heterocycles. The zero-order chi connectivity index (χ0) is 16.1. The maximum absolute atomic E-state index is 11.9. The molecule has 2 atom stereocenters. The Bertz CT molecular complexity index is 568. The van der Waals surface area contributed by atoms with Crippen molar-refractivity contribution in [1.82, 2.24) is 0 Å². The van der Waals surface area contributed by atoms with Crippen LogP contribution >= 0.6 is 15.9 Å². The van der Waals surface area contributed by atoms with Crippen molar-refractivity contribution in [2.75, 3.05) is 19.8 Å². The molecule has 0 bridgehead atoms. The first-order valence-corrected chi connectivity index (χ1v) is 8.23. The van der Waals surface area contributed by atoms with E-state index in [9.17, 15) is 15.0 Å². The van der Waals surface area contributed by atoms with E-state index in [4.69, 9.17) is 4.74 Å². The molecule has 0 amide bonds. The van der Waals surface area contributed by atoms with E-state index in [1.165, 1.54) is 0 Å². The maximum atomic E-state index is 11.9. The Kier molecular flexibility index (Phi) is 6.17. The summed E-state index contributed by atoms with van der Waals surface area (Å²) in [6.07, 6.45) is 0.774. The van der Waals surface area contributed by atoms with Gasteiger partial charge in [0.25, 0.3) is 0 Å². The van der Waals surface area contributed by atoms with E-state index < -0.39 is 0 Å². The second-order valence-corrected chi connectivity index (χ2v) is 6.36. The minimum Gasteiger partial charge on any atom is -0.466 e. The number of aliphatic hydroxyl groups is 2. The van der Waals surface area contributed by atoms with Gasteiger partial charge >= 0.3 is 5.97 Å². The van der Waals surface area contributed by atoms with Gasteiger partial charge in [-0.2, -0.15) is 0 Å². The lowest BCUT2D eigenvalue weighted by Crippen LogP contribution is -2.16. The minimum atomic E-state index is -0.290. The Morgan fingerprint density at radius 1 is 1.41 bits per heavy atom. The lowest BCUT2D eigenvalue weighted by Gasteiger charge is -2.22. The average molecular weight is 369 g/mol. The Balaban J connectivity index is 2.36. The van der Waals surface area contributed by atoms with Crippen molar-refractivity contribution in [2.45, 2.75) is 25.7 Å². The van der Waals surface area contributed by atoms with Crippen molar-refractivity contribution in [2.24, 2.45) is 5.92 Å². The molecule has 0 radical (unpaired) electrons. The smallest absolute Gasteiger partial charge is 0.309 e. The number of carbonyl (C=O) groups excluding carboxylic acids is 1. The molecule has 2 rings (SSSR count). The van der Waals surface area contributed by atoms with E-state index >= 15 is 0 Å². The van der Waals surface area contributed by atoms with Crippen LogP contribution < -0.4 is 0 Å². The van der Waals surface area contributed by atoms with Gasteiger partial charge < -0.3 is 14.9 Å². The highest BCUT2D eigenvalue weighted by atomic mass is 79.9. The van der Waals surface area contributed by atoms with E-state index in [1.807, 2.05) is 24.3 Å². The van der Waals surface area contributed by atoms with Crippen molar-refractivity contribution in [1.29, 1.82) is 0 Å². The molecule has 0 fully saturated rings. The molecule has 0 heterocycles. The third-order valence-electron chi connectivity index (χ3n) is 4.08. The summed E-state index contributed by atoms with van der Waals surface area (Å²) in [4.78, 5) is 11.9. The van der Waals surface area contributed by atoms with E-state index in [2.05, 4.69) is 15.9 Å². The van der Waals surface area contributed by atoms with E-state index in [1.54, 1.807) is 6.92 Å². The zero-order valence-electron chi connectivity index (χ0n) is 12.6. The molecule has 5 heteroatoms. The van der Waals surface area contributed by atoms with Gasteiger partial charge in [0.15, 0.2) is 0 Å². The molecule has 0 unspecified atom stereocenters. The van der Waals surface area contributed by atoms with Crippen LogP contribution in [0.4, 0.5) is 0 Å². The number of esters is 1. The molecule has 1 aliphatic carbocycles. The number of hydrogen-bond donors (Lipinski definition) is 2. The van der Waals surface area contributed by atoms with Crippen molar-refractivity contribution >= 4 is 21.9 Å². The second-order valence-electron chi connectivity index (χ2n) is 5.45. The van der Waals surface area contributed by atoms with Gasteiger partial charge in [0.05, 0.1) is 19.6 Å². The second kappa shape index (κ2) is 7.90. The third kappa shape index (κ3) is 3.77. The largest absolute Gasteiger partial charge is 0.466 e. The fourth-order valence-corrected chi connectivity index (χ4v) is 3.60. The molecule has 2 N–H and O–H groups in total. The van der Waals surface area contributed by atoms with Crippen LogP contribution in [-0.2, 0) is 9.53 Å². The van der Waals surface area contributed by atoms with Crippen molar-refractivity contribution in [3.63, 3.8) is 0 Å². The van der Waals surface area contributed by atoms with Crippen molar-refractivity contribution in [3.8, 4) is 0 Å². The zero-order valence-corrected chi connectivity index (χ0v) is 14.2. The van der Waals surface area contributed by atoms with Crippen LogP contribution in [0.25, 0.3) is 0 Å². The summed E-state index contributed by atoms with van der Waals surface area (Å²) < 4.78 is 6.00. The van der Waals surface area contributed by atoms with Gasteiger partial charge in [0, 0.05) is 17.0 Å². The van der Waals surface area contributed by atoms with Crippen LogP contribution in [0.5, 0.6) is 0 Å². The van der Waals surface area contributed by atoms with Gasteiger partial charge in [0.2, 0.25) is 0 Å². The number of halogens is 1. The Morgan fingerprint density at radius 3 is 2.77 bits per heavy atom. The Labute approximate surface area is 138 Å². The molecule has 1 aromatic carbocycles. The maximum Gasteiger partial charge on any atom is 0.309 e. The van der Waals surface area contributed by atoms with Crippen LogP contribution in [0.2, 0.25) is 0 Å². The summed E-state index contributed by atoms with van der Waals surface area (Å²) in [6, 6.07) is 7.86. The lowest BCUT2D eigenvalue weighted by molar-refractivity contribution is -0.142. The summed E-state index contributed by atoms with van der Waals surface area (Å²) in [5, 5.41) is 19.3. The number of hydrogen-bond acceptors (Lipinski definition) is 4. The summed E-state index contributed by atoms with van der Waals surface area (Å²) in [5.41, 5.74) is 2.77. The third-order valence-corrected chi connectivity index (χ3v) is 4.58. The fourth-order valence-electron chi connectivity index (χ4n) is 3.18. The molecule has 4 nitrogen and oxygen atoms in total. The first-order chi connectivity index (χ1) is 10.6. The van der Waals surface area contributed by atoms with Gasteiger partial charge in [-0.1, -0.05) is 28.1 Å². The first kappa shape index (κ1) is 17.2. The van der Waals surface area contributed by atoms with Gasteiger partial charge in [-0.05, 0) is 48.1 Å². The van der Waals surface area contributed by atoms with Crippen LogP contribution in [0.15, 0.2) is 39.9 Å². The molecular formula is C17H21BrO4. The lowest BCUT2D eigenvalue weighted by atomic mass is 9.84. The van der Waals surface area contributed by atoms with Gasteiger partial charge in [-0.3, -0.25) is 4.79 Å². The topological polar surface area (TPSA) is 66.8 Å². The highest BCUT2D eigenvalue weighted by Gasteiger charge is 2.36. The number of rotatable bonds is 6. The number of ether oxygens (including phenoxy) is 1. The SMILES string of the molecule is CCOC(=O)CC1=C(CO)C[C@@H](CO)[C@H]1c1cccc(Br)c1. The molecule has 0 saturated heterocycles. The van der Waals surface area contributed by atoms with E-state index in [0.717, 1.165) is 21.2 Å². The first-order valence-electron chi connectivity index (χ1n) is 7.44. The molecule has 1 aromatic rings. The molecule has 1 aliphatic rings. The van der Waals surface area contributed by atoms with Crippen LogP contribution in [0.1, 0.15) is 31.2 Å². The molecular weight excluding hydrogens is 348 g/mol. The van der Waals surface area contributed by atoms with Crippen molar-refractivity contribution < 1.29 is 19.7 Å². The normalized spacial score (nSPS) is 21.3. The van der Waals surface area contributed by atoms with Gasteiger partial charge in [-0.25, -0.2) is 0 Å². The highest BCUT2D eigenvalue weighted by molar-refractivity contribution is 9.10. The predicted octanol–water partition coefficient (Wildman–Crippen LogP) is 2.79. The van der Waals surface area contributed by atoms with Crippen LogP contribution in [0, 0.1) is 5.92 Å². The average Bonchev–Trinajstić information content (AvgIpc) is 2.85. The summed E-state index contributed by atoms with van der Waals surface area (Å²) in [5.74, 6) is -0.364. The van der Waals surface area contributed by atoms with Gasteiger partial charge in [-0.15, -0.1) is 0 Å². The Morgan fingerprint density at radius 2 is 2.18 bits per heavy atom. The van der Waals surface area contributed by atoms with Crippen LogP contribution in [0.3, 0.4) is 0 Å². The fraction of sp³-hybridized carbons (Fsp3) is 0.471. The van der Waals surface area contributed by atoms with Crippen molar-refractivity contribution in [3.05, 3.63) is 45.4 Å². The standard InChI is InChI=1S/C17H21BrO4/c1-2-22-16(21)8-15-12(9-19)6-13(10-20)17(15)11-4-3-5-14(18)7-11/h3-5,7,13,17,19-20H,2,6,8-10H2,1H3/t13-,17+/m0/s1. The number of benzene rings is 1. The predicted molar refractivity (Wildman–Crippen MR) is 87.4 cm³/mol. The quantitative estimate of drug-likeness (QED) is 0.598. The monoisotopic (exact) mass is 368 g/mol. The summed E-state index contributed by atoms with van der Waals surface area (Å²) in [7, 11) is 0.